The number of carboxylic acid groups (broad SMARTS) is 1. The molecule has 0 aliphatic carbocycles. The van der Waals surface area contributed by atoms with Crippen LogP contribution < -0.4 is 5.32 Å². The van der Waals surface area contributed by atoms with Crippen LogP contribution in [0.15, 0.2) is 42.6 Å². The van der Waals surface area contributed by atoms with Gasteiger partial charge in [0.1, 0.15) is 0 Å². The Bertz CT molecular complexity index is 989. The molecular weight excluding hydrogens is 346 g/mol. The van der Waals surface area contributed by atoms with E-state index in [0.29, 0.717) is 11.4 Å². The van der Waals surface area contributed by atoms with Gasteiger partial charge < -0.3 is 10.4 Å². The number of carbonyl (C=O) groups excluding carboxylic acids is 1. The third kappa shape index (κ3) is 4.05. The quantitative estimate of drug-likeness (QED) is 0.697. The van der Waals surface area contributed by atoms with Gasteiger partial charge in [-0.2, -0.15) is 10.2 Å². The van der Waals surface area contributed by atoms with Crippen LogP contribution >= 0.6 is 0 Å². The van der Waals surface area contributed by atoms with Crippen LogP contribution in [0.25, 0.3) is 5.69 Å². The van der Waals surface area contributed by atoms with Crippen molar-refractivity contribution in [2.45, 2.75) is 33.2 Å². The van der Waals surface area contributed by atoms with E-state index >= 15 is 0 Å². The summed E-state index contributed by atoms with van der Waals surface area (Å²) in [7, 11) is 0. The summed E-state index contributed by atoms with van der Waals surface area (Å²) < 4.78 is 3.27. The normalized spacial score (nSPS) is 12.0. The van der Waals surface area contributed by atoms with Crippen LogP contribution in [0.2, 0.25) is 0 Å². The first-order valence-corrected chi connectivity index (χ1v) is 8.56. The maximum atomic E-state index is 12.5. The molecule has 0 fully saturated rings. The lowest BCUT2D eigenvalue weighted by Gasteiger charge is -2.15. The van der Waals surface area contributed by atoms with E-state index in [-0.39, 0.29) is 24.1 Å². The van der Waals surface area contributed by atoms with E-state index in [0.717, 1.165) is 11.4 Å². The van der Waals surface area contributed by atoms with Gasteiger partial charge >= 0.3 is 5.97 Å². The number of aryl methyl sites for hydroxylation is 2. The Morgan fingerprint density at radius 3 is 2.56 bits per heavy atom. The molecule has 1 unspecified atom stereocenters. The molecule has 0 bridgehead atoms. The minimum Gasteiger partial charge on any atom is -0.476 e. The Morgan fingerprint density at radius 2 is 1.93 bits per heavy atom. The van der Waals surface area contributed by atoms with Crippen LogP contribution in [-0.2, 0) is 4.79 Å². The molecule has 8 nitrogen and oxygen atoms in total. The third-order valence-corrected chi connectivity index (χ3v) is 4.18. The van der Waals surface area contributed by atoms with Crippen molar-refractivity contribution in [3.8, 4) is 5.69 Å². The van der Waals surface area contributed by atoms with Crippen LogP contribution in [0, 0.1) is 13.8 Å². The first-order chi connectivity index (χ1) is 12.8. The SMILES string of the molecule is Cc1cc(C)n(C(C)CC(=O)Nc2ccccc2-n2ccc(C(=O)O)n2)n1. The number of aromatic nitrogens is 4. The Labute approximate surface area is 156 Å². The van der Waals surface area contributed by atoms with Crippen molar-refractivity contribution in [1.82, 2.24) is 19.6 Å². The summed E-state index contributed by atoms with van der Waals surface area (Å²) in [5.41, 5.74) is 3.01. The van der Waals surface area contributed by atoms with Crippen molar-refractivity contribution in [2.75, 3.05) is 5.32 Å². The second kappa shape index (κ2) is 7.45. The fraction of sp³-hybridized carbons (Fsp3) is 0.263. The first-order valence-electron chi connectivity index (χ1n) is 8.56. The number of aromatic carboxylic acids is 1. The fourth-order valence-corrected chi connectivity index (χ4v) is 3.00. The number of carboxylic acids is 1. The van der Waals surface area contributed by atoms with Crippen molar-refractivity contribution in [3.05, 3.63) is 59.7 Å². The standard InChI is InChI=1S/C19H21N5O3/c1-12-10-13(2)24(21-12)14(3)11-18(25)20-15-6-4-5-7-17(15)23-9-8-16(22-23)19(26)27/h4-10,14H,11H2,1-3H3,(H,20,25)(H,26,27). The molecule has 1 amide bonds. The average molecular weight is 367 g/mol. The number of benzene rings is 1. The van der Waals surface area contributed by atoms with Crippen molar-refractivity contribution >= 4 is 17.6 Å². The van der Waals surface area contributed by atoms with Crippen molar-refractivity contribution in [1.29, 1.82) is 0 Å². The molecule has 3 aromatic rings. The monoisotopic (exact) mass is 367 g/mol. The topological polar surface area (TPSA) is 102 Å². The molecule has 1 atom stereocenters. The molecule has 140 valence electrons. The van der Waals surface area contributed by atoms with Gasteiger partial charge in [-0.3, -0.25) is 9.48 Å². The van der Waals surface area contributed by atoms with Crippen LogP contribution in [0.1, 0.15) is 41.3 Å². The van der Waals surface area contributed by atoms with Gasteiger partial charge in [0, 0.05) is 18.3 Å². The van der Waals surface area contributed by atoms with Crippen LogP contribution in [0.4, 0.5) is 5.69 Å². The predicted molar refractivity (Wildman–Crippen MR) is 100 cm³/mol. The molecule has 2 N–H and O–H groups in total. The number of nitrogens with one attached hydrogen (secondary N) is 1. The van der Waals surface area contributed by atoms with Gasteiger partial charge in [0.2, 0.25) is 5.91 Å². The lowest BCUT2D eigenvalue weighted by molar-refractivity contribution is -0.116. The molecule has 0 aliphatic heterocycles. The molecule has 2 aromatic heterocycles. The smallest absolute Gasteiger partial charge is 0.356 e. The molecule has 1 aromatic carbocycles. The van der Waals surface area contributed by atoms with Gasteiger partial charge in [-0.25, -0.2) is 9.48 Å². The first kappa shape index (κ1) is 18.4. The lowest BCUT2D eigenvalue weighted by Crippen LogP contribution is -2.20. The van der Waals surface area contributed by atoms with E-state index in [2.05, 4.69) is 15.5 Å². The van der Waals surface area contributed by atoms with Crippen molar-refractivity contribution < 1.29 is 14.7 Å². The highest BCUT2D eigenvalue weighted by Gasteiger charge is 2.16. The maximum Gasteiger partial charge on any atom is 0.356 e. The van der Waals surface area contributed by atoms with Crippen LogP contribution in [0.5, 0.6) is 0 Å². The number of amides is 1. The van der Waals surface area contributed by atoms with Gasteiger partial charge in [0.25, 0.3) is 0 Å². The third-order valence-electron chi connectivity index (χ3n) is 4.18. The Morgan fingerprint density at radius 1 is 1.19 bits per heavy atom. The number of anilines is 1. The summed E-state index contributed by atoms with van der Waals surface area (Å²) in [5.74, 6) is -1.26. The van der Waals surface area contributed by atoms with Crippen molar-refractivity contribution in [2.24, 2.45) is 0 Å². The molecule has 27 heavy (non-hydrogen) atoms. The van der Waals surface area contributed by atoms with Gasteiger partial charge in [0.15, 0.2) is 5.69 Å². The highest BCUT2D eigenvalue weighted by Crippen LogP contribution is 2.21. The van der Waals surface area contributed by atoms with Crippen LogP contribution in [-0.4, -0.2) is 36.5 Å². The number of para-hydroxylation sites is 2. The molecular formula is C19H21N5O3. The molecule has 8 heteroatoms. The number of carbonyl (C=O) groups is 2. The maximum absolute atomic E-state index is 12.5. The molecule has 3 rings (SSSR count). The number of nitrogens with zero attached hydrogens (tertiary/aromatic N) is 4. The van der Waals surface area contributed by atoms with Crippen molar-refractivity contribution in [3.63, 3.8) is 0 Å². The van der Waals surface area contributed by atoms with Gasteiger partial charge in [-0.15, -0.1) is 0 Å². The molecule has 0 radical (unpaired) electrons. The Kier molecular flexibility index (Phi) is 5.07. The number of rotatable bonds is 6. The minimum atomic E-state index is -1.10. The average Bonchev–Trinajstić information content (AvgIpc) is 3.22. The van der Waals surface area contributed by atoms with E-state index in [1.807, 2.05) is 31.5 Å². The second-order valence-electron chi connectivity index (χ2n) is 6.44. The molecule has 0 saturated heterocycles. The van der Waals surface area contributed by atoms with Gasteiger partial charge in [-0.05, 0) is 45.0 Å². The Hall–Kier alpha value is -3.42. The molecule has 0 saturated carbocycles. The summed E-state index contributed by atoms with van der Waals surface area (Å²) in [6.45, 7) is 5.82. The van der Waals surface area contributed by atoms with E-state index in [1.54, 1.807) is 30.5 Å². The number of hydrogen-bond donors (Lipinski definition) is 2. The highest BCUT2D eigenvalue weighted by molar-refractivity contribution is 5.93. The Balaban J connectivity index is 1.76. The van der Waals surface area contributed by atoms with Gasteiger partial charge in [0.05, 0.1) is 23.1 Å². The molecule has 0 spiro atoms. The summed E-state index contributed by atoms with van der Waals surface area (Å²) in [4.78, 5) is 23.6. The predicted octanol–water partition coefficient (Wildman–Crippen LogP) is 2.97. The summed E-state index contributed by atoms with van der Waals surface area (Å²) in [6.07, 6.45) is 1.81. The van der Waals surface area contributed by atoms with E-state index in [9.17, 15) is 9.59 Å². The summed E-state index contributed by atoms with van der Waals surface area (Å²) >= 11 is 0. The molecule has 2 heterocycles. The van der Waals surface area contributed by atoms with Crippen LogP contribution in [0.3, 0.4) is 0 Å². The zero-order valence-electron chi connectivity index (χ0n) is 15.4. The second-order valence-corrected chi connectivity index (χ2v) is 6.44. The number of hydrogen-bond acceptors (Lipinski definition) is 4. The zero-order chi connectivity index (χ0) is 19.6. The highest BCUT2D eigenvalue weighted by atomic mass is 16.4. The summed E-state index contributed by atoms with van der Waals surface area (Å²) in [6, 6.07) is 10.4. The summed E-state index contributed by atoms with van der Waals surface area (Å²) in [5, 5.41) is 20.4. The van der Waals surface area contributed by atoms with Gasteiger partial charge in [-0.1, -0.05) is 12.1 Å². The lowest BCUT2D eigenvalue weighted by atomic mass is 10.2. The minimum absolute atomic E-state index is 0.0609. The largest absolute Gasteiger partial charge is 0.476 e. The molecule has 0 aliphatic rings. The van der Waals surface area contributed by atoms with E-state index in [1.165, 1.54) is 10.7 Å². The van der Waals surface area contributed by atoms with E-state index < -0.39 is 5.97 Å². The fourth-order valence-electron chi connectivity index (χ4n) is 3.00. The zero-order valence-corrected chi connectivity index (χ0v) is 15.4. The van der Waals surface area contributed by atoms with E-state index in [4.69, 9.17) is 5.11 Å².